The predicted molar refractivity (Wildman–Crippen MR) is 65.0 cm³/mol. The molecule has 0 radical (unpaired) electrons. The molecule has 98 valence electrons. The summed E-state index contributed by atoms with van der Waals surface area (Å²) in [5.41, 5.74) is 0.827. The van der Waals surface area contributed by atoms with Crippen LogP contribution in [0.15, 0.2) is 30.3 Å². The molecule has 7 heteroatoms. The maximum Gasteiger partial charge on any atom is 0.424 e. The van der Waals surface area contributed by atoms with Crippen molar-refractivity contribution in [2.45, 2.75) is 13.0 Å². The zero-order valence-electron chi connectivity index (χ0n) is 9.87. The molecule has 0 saturated carbocycles. The second-order valence-corrected chi connectivity index (χ2v) is 5.57. The second kappa shape index (κ2) is 4.95. The Balaban J connectivity index is 2.11. The Kier molecular flexibility index (Phi) is 3.53. The van der Waals surface area contributed by atoms with Crippen molar-refractivity contribution in [1.29, 1.82) is 0 Å². The number of cyclic esters (lactones) is 1. The Morgan fingerprint density at radius 2 is 2.00 bits per heavy atom. The monoisotopic (exact) mass is 270 g/mol. The first-order chi connectivity index (χ1) is 8.50. The summed E-state index contributed by atoms with van der Waals surface area (Å²) >= 11 is 0. The van der Waals surface area contributed by atoms with Crippen LogP contribution in [-0.2, 0) is 14.9 Å². The highest BCUT2D eigenvalue weighted by Gasteiger charge is 2.34. The average Bonchev–Trinajstić information content (AvgIpc) is 2.77. The van der Waals surface area contributed by atoms with Crippen LogP contribution in [-0.4, -0.2) is 32.0 Å². The Morgan fingerprint density at radius 1 is 1.33 bits per heavy atom. The summed E-state index contributed by atoms with van der Waals surface area (Å²) in [5.74, 6) is 0. The molecular weight excluding hydrogens is 256 g/mol. The van der Waals surface area contributed by atoms with Crippen molar-refractivity contribution in [3.63, 3.8) is 0 Å². The maximum absolute atomic E-state index is 11.9. The van der Waals surface area contributed by atoms with Crippen LogP contribution in [0.1, 0.15) is 18.5 Å². The highest BCUT2D eigenvalue weighted by molar-refractivity contribution is 7.87. The van der Waals surface area contributed by atoms with Crippen LogP contribution in [0.4, 0.5) is 4.79 Å². The summed E-state index contributed by atoms with van der Waals surface area (Å²) in [4.78, 5) is 11.2. The van der Waals surface area contributed by atoms with Gasteiger partial charge in [0.25, 0.3) is 0 Å². The zero-order chi connectivity index (χ0) is 13.2. The lowest BCUT2D eigenvalue weighted by Crippen LogP contribution is -2.42. The lowest BCUT2D eigenvalue weighted by atomic mass is 10.1. The van der Waals surface area contributed by atoms with Crippen LogP contribution in [0.2, 0.25) is 0 Å². The van der Waals surface area contributed by atoms with Crippen LogP contribution >= 0.6 is 0 Å². The number of nitrogens with zero attached hydrogens (tertiary/aromatic N) is 1. The highest BCUT2D eigenvalue weighted by Crippen LogP contribution is 2.15. The predicted octanol–water partition coefficient (Wildman–Crippen LogP) is 1.03. The molecule has 1 atom stereocenters. The molecule has 2 rings (SSSR count). The van der Waals surface area contributed by atoms with Gasteiger partial charge in [0.1, 0.15) is 6.61 Å². The third kappa shape index (κ3) is 2.62. The van der Waals surface area contributed by atoms with E-state index in [9.17, 15) is 13.2 Å². The molecule has 0 aromatic heterocycles. The van der Waals surface area contributed by atoms with E-state index in [1.54, 1.807) is 6.92 Å². The number of hydrogen-bond acceptors (Lipinski definition) is 4. The first kappa shape index (κ1) is 12.8. The van der Waals surface area contributed by atoms with E-state index in [1.165, 1.54) is 0 Å². The third-order valence-electron chi connectivity index (χ3n) is 2.64. The SMILES string of the molecule is C[C@@H](NS(=O)(=O)N1CCOC1=O)c1ccccc1. The van der Waals surface area contributed by atoms with Gasteiger partial charge in [-0.1, -0.05) is 30.3 Å². The van der Waals surface area contributed by atoms with Gasteiger partial charge in [0.05, 0.1) is 6.54 Å². The van der Waals surface area contributed by atoms with Crippen molar-refractivity contribution in [3.05, 3.63) is 35.9 Å². The van der Waals surface area contributed by atoms with Gasteiger partial charge in [-0.05, 0) is 12.5 Å². The van der Waals surface area contributed by atoms with Crippen molar-refractivity contribution < 1.29 is 17.9 Å². The van der Waals surface area contributed by atoms with E-state index in [4.69, 9.17) is 0 Å². The fourth-order valence-electron chi connectivity index (χ4n) is 1.69. The number of benzene rings is 1. The van der Waals surface area contributed by atoms with Crippen molar-refractivity contribution in [2.24, 2.45) is 0 Å². The van der Waals surface area contributed by atoms with Gasteiger partial charge >= 0.3 is 16.3 Å². The van der Waals surface area contributed by atoms with Gasteiger partial charge in [0.2, 0.25) is 0 Å². The molecule has 6 nitrogen and oxygen atoms in total. The minimum Gasteiger partial charge on any atom is -0.447 e. The van der Waals surface area contributed by atoms with E-state index >= 15 is 0 Å². The van der Waals surface area contributed by atoms with Gasteiger partial charge < -0.3 is 4.74 Å². The van der Waals surface area contributed by atoms with Crippen LogP contribution in [0.25, 0.3) is 0 Å². The molecular formula is C11H14N2O4S. The molecule has 1 fully saturated rings. The van der Waals surface area contributed by atoms with E-state index in [0.29, 0.717) is 4.31 Å². The standard InChI is InChI=1S/C11H14N2O4S/c1-9(10-5-3-2-4-6-10)12-18(15,16)13-7-8-17-11(13)14/h2-6,9,12H,7-8H2,1H3/t9-/m1/s1. The molecule has 1 N–H and O–H groups in total. The molecule has 1 amide bonds. The quantitative estimate of drug-likeness (QED) is 0.886. The number of ether oxygens (including phenoxy) is 1. The number of carbonyl (C=O) groups excluding carboxylic acids is 1. The Morgan fingerprint density at radius 3 is 2.56 bits per heavy atom. The van der Waals surface area contributed by atoms with Gasteiger partial charge in [-0.3, -0.25) is 0 Å². The Hall–Kier alpha value is -1.60. The number of hydrogen-bond donors (Lipinski definition) is 1. The summed E-state index contributed by atoms with van der Waals surface area (Å²) in [5, 5.41) is 0. The normalized spacial score (nSPS) is 17.6. The minimum atomic E-state index is -3.85. The number of carbonyl (C=O) groups is 1. The summed E-state index contributed by atoms with van der Waals surface area (Å²) in [6, 6.07) is 8.71. The summed E-state index contributed by atoms with van der Waals surface area (Å²) in [6.07, 6.45) is -0.831. The topological polar surface area (TPSA) is 75.7 Å². The first-order valence-corrected chi connectivity index (χ1v) is 6.96. The molecule has 1 heterocycles. The first-order valence-electron chi connectivity index (χ1n) is 5.52. The summed E-state index contributed by atoms with van der Waals surface area (Å²) in [6.45, 7) is 1.86. The second-order valence-electron chi connectivity index (χ2n) is 3.94. The fraction of sp³-hybridized carbons (Fsp3) is 0.364. The van der Waals surface area contributed by atoms with E-state index < -0.39 is 22.3 Å². The third-order valence-corrected chi connectivity index (χ3v) is 4.20. The fourth-order valence-corrected chi connectivity index (χ4v) is 2.97. The van der Waals surface area contributed by atoms with E-state index in [2.05, 4.69) is 9.46 Å². The molecule has 1 aromatic carbocycles. The van der Waals surface area contributed by atoms with Crippen LogP contribution in [0, 0.1) is 0 Å². The molecule has 1 aromatic rings. The van der Waals surface area contributed by atoms with Gasteiger partial charge in [-0.15, -0.1) is 0 Å². The summed E-state index contributed by atoms with van der Waals surface area (Å²) < 4.78 is 31.6. The molecule has 0 spiro atoms. The summed E-state index contributed by atoms with van der Waals surface area (Å²) in [7, 11) is -3.85. The number of rotatable bonds is 4. The van der Waals surface area contributed by atoms with E-state index in [1.807, 2.05) is 30.3 Å². The van der Waals surface area contributed by atoms with Gasteiger partial charge in [-0.25, -0.2) is 4.79 Å². The largest absolute Gasteiger partial charge is 0.447 e. The molecule has 1 aliphatic heterocycles. The molecule has 1 saturated heterocycles. The van der Waals surface area contributed by atoms with E-state index in [-0.39, 0.29) is 13.2 Å². The van der Waals surface area contributed by atoms with Gasteiger partial charge in [0.15, 0.2) is 0 Å². The lowest BCUT2D eigenvalue weighted by Gasteiger charge is -2.18. The van der Waals surface area contributed by atoms with Crippen LogP contribution in [0.5, 0.6) is 0 Å². The molecule has 0 bridgehead atoms. The smallest absolute Gasteiger partial charge is 0.424 e. The lowest BCUT2D eigenvalue weighted by molar-refractivity contribution is 0.169. The highest BCUT2D eigenvalue weighted by atomic mass is 32.2. The zero-order valence-corrected chi connectivity index (χ0v) is 10.7. The minimum absolute atomic E-state index is 0.0513. The maximum atomic E-state index is 11.9. The average molecular weight is 270 g/mol. The Bertz CT molecular complexity index is 529. The molecule has 18 heavy (non-hydrogen) atoms. The van der Waals surface area contributed by atoms with Gasteiger partial charge in [-0.2, -0.15) is 17.4 Å². The van der Waals surface area contributed by atoms with Crippen LogP contribution < -0.4 is 4.72 Å². The molecule has 0 unspecified atom stereocenters. The van der Waals surface area contributed by atoms with Crippen molar-refractivity contribution in [3.8, 4) is 0 Å². The van der Waals surface area contributed by atoms with Crippen molar-refractivity contribution >= 4 is 16.3 Å². The van der Waals surface area contributed by atoms with Gasteiger partial charge in [0, 0.05) is 6.04 Å². The number of nitrogens with one attached hydrogen (secondary N) is 1. The van der Waals surface area contributed by atoms with Crippen molar-refractivity contribution in [1.82, 2.24) is 9.03 Å². The van der Waals surface area contributed by atoms with Crippen molar-refractivity contribution in [2.75, 3.05) is 13.2 Å². The number of amides is 1. The van der Waals surface area contributed by atoms with E-state index in [0.717, 1.165) is 5.56 Å². The Labute approximate surface area is 106 Å². The molecule has 1 aliphatic rings. The van der Waals surface area contributed by atoms with Crippen LogP contribution in [0.3, 0.4) is 0 Å². The molecule has 0 aliphatic carbocycles.